The quantitative estimate of drug-likeness (QED) is 0.743. The summed E-state index contributed by atoms with van der Waals surface area (Å²) in [6.45, 7) is 5.02. The summed E-state index contributed by atoms with van der Waals surface area (Å²) < 4.78 is 24.7. The molecule has 1 saturated heterocycles. The molecule has 1 amide bonds. The van der Waals surface area contributed by atoms with Gasteiger partial charge in [0.15, 0.2) is 0 Å². The smallest absolute Gasteiger partial charge is 0.239 e. The maximum atomic E-state index is 12.0. The summed E-state index contributed by atoms with van der Waals surface area (Å²) in [5.41, 5.74) is 5.84. The third-order valence-electron chi connectivity index (χ3n) is 2.92. The fourth-order valence-corrected chi connectivity index (χ4v) is 3.00. The highest BCUT2D eigenvalue weighted by Crippen LogP contribution is 2.13. The van der Waals surface area contributed by atoms with Crippen molar-refractivity contribution in [3.05, 3.63) is 0 Å². The molecule has 1 heterocycles. The van der Waals surface area contributed by atoms with Gasteiger partial charge in [-0.1, -0.05) is 13.8 Å². The highest BCUT2D eigenvalue weighted by atomic mass is 35.5. The minimum atomic E-state index is -3.22. The van der Waals surface area contributed by atoms with Gasteiger partial charge in [-0.05, 0) is 18.8 Å². The van der Waals surface area contributed by atoms with Crippen LogP contribution in [-0.2, 0) is 14.8 Å². The van der Waals surface area contributed by atoms with Crippen LogP contribution in [0.4, 0.5) is 0 Å². The number of rotatable bonds is 5. The number of carbonyl (C=O) groups excluding carboxylic acids is 1. The van der Waals surface area contributed by atoms with Gasteiger partial charge < -0.3 is 10.6 Å². The van der Waals surface area contributed by atoms with Gasteiger partial charge in [-0.15, -0.1) is 12.4 Å². The van der Waals surface area contributed by atoms with Gasteiger partial charge in [0.1, 0.15) is 0 Å². The molecule has 0 aromatic rings. The highest BCUT2D eigenvalue weighted by molar-refractivity contribution is 7.88. The first-order valence-corrected chi connectivity index (χ1v) is 8.10. The maximum Gasteiger partial charge on any atom is 0.239 e. The Bertz CT molecular complexity index is 400. The number of hydrogen-bond donors (Lipinski definition) is 2. The number of halogens is 1. The standard InChI is InChI=1S/C11H23N3O3S.ClH/c1-8(2)6-10(12)11(15)14-5-4-9(7-14)13-18(3,16)17;/h8-10,13H,4-7,12H2,1-3H3;1H/t9?,10-;/m0./s1. The van der Waals surface area contributed by atoms with Crippen molar-refractivity contribution in [2.75, 3.05) is 19.3 Å². The summed E-state index contributed by atoms with van der Waals surface area (Å²) in [5.74, 6) is 0.290. The van der Waals surface area contributed by atoms with Crippen LogP contribution in [-0.4, -0.2) is 50.7 Å². The van der Waals surface area contributed by atoms with Crippen LogP contribution in [0.1, 0.15) is 26.7 Å². The third kappa shape index (κ3) is 6.56. The molecule has 8 heteroatoms. The number of nitrogens with two attached hydrogens (primary N) is 1. The van der Waals surface area contributed by atoms with E-state index in [9.17, 15) is 13.2 Å². The van der Waals surface area contributed by atoms with Crippen molar-refractivity contribution >= 4 is 28.3 Å². The van der Waals surface area contributed by atoms with Crippen molar-refractivity contribution in [2.45, 2.75) is 38.8 Å². The molecule has 1 aliphatic rings. The fraction of sp³-hybridized carbons (Fsp3) is 0.909. The van der Waals surface area contributed by atoms with Crippen LogP contribution in [0.5, 0.6) is 0 Å². The highest BCUT2D eigenvalue weighted by Gasteiger charge is 2.30. The van der Waals surface area contributed by atoms with Crippen LogP contribution in [0.3, 0.4) is 0 Å². The van der Waals surface area contributed by atoms with Gasteiger partial charge in [-0.3, -0.25) is 4.79 Å². The summed E-state index contributed by atoms with van der Waals surface area (Å²) in [4.78, 5) is 13.7. The third-order valence-corrected chi connectivity index (χ3v) is 3.68. The van der Waals surface area contributed by atoms with Crippen LogP contribution in [0.25, 0.3) is 0 Å². The number of amides is 1. The van der Waals surface area contributed by atoms with Gasteiger partial charge in [0.25, 0.3) is 0 Å². The number of hydrogen-bond acceptors (Lipinski definition) is 4. The minimum absolute atomic E-state index is 0. The van der Waals surface area contributed by atoms with E-state index in [0.717, 1.165) is 6.26 Å². The van der Waals surface area contributed by atoms with E-state index in [0.29, 0.717) is 31.8 Å². The first-order valence-electron chi connectivity index (χ1n) is 6.20. The van der Waals surface area contributed by atoms with Crippen LogP contribution < -0.4 is 10.5 Å². The number of nitrogens with one attached hydrogen (secondary N) is 1. The lowest BCUT2D eigenvalue weighted by molar-refractivity contribution is -0.131. The van der Waals surface area contributed by atoms with E-state index in [4.69, 9.17) is 5.73 Å². The molecule has 6 nitrogen and oxygen atoms in total. The SMILES string of the molecule is CC(C)C[C@H](N)C(=O)N1CCC(NS(C)(=O)=O)C1.Cl. The Morgan fingerprint density at radius 2 is 2.05 bits per heavy atom. The van der Waals surface area contributed by atoms with Gasteiger partial charge in [0.05, 0.1) is 12.3 Å². The Labute approximate surface area is 121 Å². The Morgan fingerprint density at radius 1 is 1.47 bits per heavy atom. The summed E-state index contributed by atoms with van der Waals surface area (Å²) in [5, 5.41) is 0. The molecular weight excluding hydrogens is 290 g/mol. The number of sulfonamides is 1. The van der Waals surface area contributed by atoms with Crippen LogP contribution >= 0.6 is 12.4 Å². The number of likely N-dealkylation sites (tertiary alicyclic amines) is 1. The lowest BCUT2D eigenvalue weighted by Crippen LogP contribution is -2.45. The van der Waals surface area contributed by atoms with Crippen LogP contribution in [0, 0.1) is 5.92 Å². The number of carbonyl (C=O) groups is 1. The van der Waals surface area contributed by atoms with Crippen molar-refractivity contribution in [2.24, 2.45) is 11.7 Å². The second kappa shape index (κ2) is 7.42. The van der Waals surface area contributed by atoms with E-state index in [-0.39, 0.29) is 24.4 Å². The monoisotopic (exact) mass is 313 g/mol. The predicted molar refractivity (Wildman–Crippen MR) is 77.6 cm³/mol. The van der Waals surface area contributed by atoms with E-state index >= 15 is 0 Å². The normalized spacial score (nSPS) is 21.3. The first kappa shape index (κ1) is 18.6. The minimum Gasteiger partial charge on any atom is -0.340 e. The van der Waals surface area contributed by atoms with E-state index in [2.05, 4.69) is 4.72 Å². The molecule has 0 saturated carbocycles. The molecule has 0 spiro atoms. The zero-order valence-electron chi connectivity index (χ0n) is 11.6. The van der Waals surface area contributed by atoms with Crippen molar-refractivity contribution in [3.8, 4) is 0 Å². The van der Waals surface area contributed by atoms with Gasteiger partial charge in [-0.25, -0.2) is 13.1 Å². The molecule has 1 unspecified atom stereocenters. The van der Waals surface area contributed by atoms with Crippen LogP contribution in [0.2, 0.25) is 0 Å². The summed E-state index contributed by atoms with van der Waals surface area (Å²) in [7, 11) is -3.22. The average Bonchev–Trinajstić information content (AvgIpc) is 2.61. The zero-order valence-corrected chi connectivity index (χ0v) is 13.3. The van der Waals surface area contributed by atoms with Gasteiger partial charge in [0, 0.05) is 19.1 Å². The molecule has 2 atom stereocenters. The maximum absolute atomic E-state index is 12.0. The molecule has 0 aromatic carbocycles. The van der Waals surface area contributed by atoms with Gasteiger partial charge in [0.2, 0.25) is 15.9 Å². The molecule has 0 aliphatic carbocycles. The molecule has 114 valence electrons. The largest absolute Gasteiger partial charge is 0.340 e. The summed E-state index contributed by atoms with van der Waals surface area (Å²) >= 11 is 0. The van der Waals surface area contributed by atoms with E-state index in [1.165, 1.54) is 0 Å². The Kier molecular flexibility index (Phi) is 7.28. The molecule has 19 heavy (non-hydrogen) atoms. The summed E-state index contributed by atoms with van der Waals surface area (Å²) in [6.07, 6.45) is 2.43. The van der Waals surface area contributed by atoms with Crippen molar-refractivity contribution in [3.63, 3.8) is 0 Å². The molecular formula is C11H24ClN3O3S. The van der Waals surface area contributed by atoms with Crippen molar-refractivity contribution in [1.82, 2.24) is 9.62 Å². The Balaban J connectivity index is 0.00000324. The molecule has 1 aliphatic heterocycles. The lowest BCUT2D eigenvalue weighted by Gasteiger charge is -2.22. The molecule has 0 radical (unpaired) electrons. The topological polar surface area (TPSA) is 92.5 Å². The second-order valence-electron chi connectivity index (χ2n) is 5.40. The summed E-state index contributed by atoms with van der Waals surface area (Å²) in [6, 6.07) is -0.669. The molecule has 0 bridgehead atoms. The second-order valence-corrected chi connectivity index (χ2v) is 7.18. The molecule has 1 rings (SSSR count). The van der Waals surface area contributed by atoms with Crippen molar-refractivity contribution in [1.29, 1.82) is 0 Å². The fourth-order valence-electron chi connectivity index (χ4n) is 2.20. The van der Waals surface area contributed by atoms with Crippen LogP contribution in [0.15, 0.2) is 0 Å². The lowest BCUT2D eigenvalue weighted by atomic mass is 10.0. The first-order chi connectivity index (χ1) is 8.19. The molecule has 0 aromatic heterocycles. The predicted octanol–water partition coefficient (Wildman–Crippen LogP) is -0.0683. The molecule has 1 fully saturated rings. The Hall–Kier alpha value is -0.370. The average molecular weight is 314 g/mol. The molecule has 3 N–H and O–H groups in total. The van der Waals surface area contributed by atoms with E-state index < -0.39 is 16.1 Å². The zero-order chi connectivity index (χ0) is 13.9. The van der Waals surface area contributed by atoms with E-state index in [1.807, 2.05) is 13.8 Å². The van der Waals surface area contributed by atoms with E-state index in [1.54, 1.807) is 4.90 Å². The number of nitrogens with zero attached hydrogens (tertiary/aromatic N) is 1. The van der Waals surface area contributed by atoms with Gasteiger partial charge >= 0.3 is 0 Å². The van der Waals surface area contributed by atoms with Gasteiger partial charge in [-0.2, -0.15) is 0 Å². The van der Waals surface area contributed by atoms with Crippen molar-refractivity contribution < 1.29 is 13.2 Å². The Morgan fingerprint density at radius 3 is 2.53 bits per heavy atom.